The largest absolute Gasteiger partial charge is 0.490 e. The molecule has 2 unspecified atom stereocenters. The lowest BCUT2D eigenvalue weighted by Crippen LogP contribution is -2.54. The van der Waals surface area contributed by atoms with Gasteiger partial charge in [0.1, 0.15) is 20.4 Å². The van der Waals surface area contributed by atoms with Crippen molar-refractivity contribution in [3.63, 3.8) is 0 Å². The van der Waals surface area contributed by atoms with E-state index < -0.39 is 88.9 Å². The molecule has 0 bridgehead atoms. The molecule has 5 rings (SSSR count). The van der Waals surface area contributed by atoms with Crippen molar-refractivity contribution in [1.29, 1.82) is 0 Å². The third-order valence-corrected chi connectivity index (χ3v) is 13.2. The number of fused-ring (bicyclic) bond motifs is 3. The lowest BCUT2D eigenvalue weighted by Gasteiger charge is -2.43. The molecule has 2 saturated heterocycles. The standard InChI is InChI=1S/C26H24F8N2O5S2.C2HF3O2/c27-17-2-1-3-18(13-17)43(40,41)23-8-9-36(22(37)15-6-10-42(38,39)11-7-15)21(23)5-4-16-12-20(35-14-19(16)23)24(28,25(29,30)31)26(32,33)34;3-2(4,5)1(6)7/h1-3,12-15,21H,4-11H2;(H,6,7). The van der Waals surface area contributed by atoms with Crippen LogP contribution in [0.2, 0.25) is 0 Å². The first-order chi connectivity index (χ1) is 22.7. The molecule has 1 aliphatic carbocycles. The number of benzene rings is 1. The maximum atomic E-state index is 14.9. The number of carbonyl (C=O) groups is 2. The molecule has 2 fully saturated rings. The molecule has 1 aromatic carbocycles. The van der Waals surface area contributed by atoms with Crippen LogP contribution in [0, 0.1) is 11.7 Å². The van der Waals surface area contributed by atoms with Crippen LogP contribution in [0.25, 0.3) is 0 Å². The van der Waals surface area contributed by atoms with Crippen LogP contribution in [-0.2, 0) is 46.1 Å². The summed E-state index contributed by atoms with van der Waals surface area (Å²) in [5.74, 6) is -5.51. The first-order valence-corrected chi connectivity index (χ1v) is 17.6. The van der Waals surface area contributed by atoms with E-state index in [4.69, 9.17) is 9.90 Å². The maximum absolute atomic E-state index is 14.9. The summed E-state index contributed by atoms with van der Waals surface area (Å²) in [4.78, 5) is 26.4. The third kappa shape index (κ3) is 6.75. The molecule has 50 heavy (non-hydrogen) atoms. The van der Waals surface area contributed by atoms with Crippen molar-refractivity contribution < 1.29 is 79.8 Å². The molecular weight excluding hydrogens is 749 g/mol. The quantitative estimate of drug-likeness (QED) is 0.420. The summed E-state index contributed by atoms with van der Waals surface area (Å²) in [6, 6.07) is 2.89. The number of sulfone groups is 2. The second-order valence-corrected chi connectivity index (χ2v) is 16.3. The zero-order valence-electron chi connectivity index (χ0n) is 25.0. The Morgan fingerprint density at radius 1 is 0.920 bits per heavy atom. The number of carboxylic acids is 1. The molecule has 1 N–H and O–H groups in total. The normalized spacial score (nSPS) is 22.9. The van der Waals surface area contributed by atoms with Crippen LogP contribution in [-0.4, -0.2) is 86.3 Å². The SMILES string of the molecule is O=C(C1CCS(=O)(=O)CC1)N1CCC2(S(=O)(=O)c3cccc(F)c3)c3cnc(C(F)(C(F)(F)F)C(F)(F)F)cc3CCC12.O=C(O)C(F)(F)F. The lowest BCUT2D eigenvalue weighted by atomic mass is 9.78. The first-order valence-electron chi connectivity index (χ1n) is 14.3. The molecule has 2 aromatic rings. The number of carbonyl (C=O) groups excluding carboxylic acids is 1. The molecule has 0 radical (unpaired) electrons. The van der Waals surface area contributed by atoms with E-state index in [9.17, 15) is 69.9 Å². The zero-order valence-corrected chi connectivity index (χ0v) is 26.7. The van der Waals surface area contributed by atoms with Crippen LogP contribution in [0.1, 0.15) is 42.5 Å². The third-order valence-electron chi connectivity index (χ3n) is 8.92. The Balaban J connectivity index is 0.000000727. The van der Waals surface area contributed by atoms with E-state index in [2.05, 4.69) is 4.98 Å². The van der Waals surface area contributed by atoms with Crippen LogP contribution in [0.4, 0.5) is 48.3 Å². The number of carboxylic acid groups (broad SMARTS) is 1. The molecule has 3 heterocycles. The average molecular weight is 775 g/mol. The molecule has 3 aliphatic rings. The van der Waals surface area contributed by atoms with E-state index in [0.717, 1.165) is 18.2 Å². The number of rotatable bonds is 4. The molecule has 2 atom stereocenters. The summed E-state index contributed by atoms with van der Waals surface area (Å²) < 4.78 is 192. The number of aromatic nitrogens is 1. The number of pyridine rings is 1. The highest BCUT2D eigenvalue weighted by Gasteiger charge is 2.75. The maximum Gasteiger partial charge on any atom is 0.490 e. The van der Waals surface area contributed by atoms with Crippen LogP contribution in [0.15, 0.2) is 41.4 Å². The van der Waals surface area contributed by atoms with Gasteiger partial charge in [0.15, 0.2) is 9.84 Å². The summed E-state index contributed by atoms with van der Waals surface area (Å²) in [6.07, 6.45) is -18.5. The summed E-state index contributed by atoms with van der Waals surface area (Å²) in [5, 5.41) is 7.12. The second kappa shape index (κ2) is 12.9. The number of amides is 1. The molecule has 1 amide bonds. The van der Waals surface area contributed by atoms with Crippen molar-refractivity contribution in [1.82, 2.24) is 9.88 Å². The van der Waals surface area contributed by atoms with Crippen molar-refractivity contribution >= 4 is 31.6 Å². The number of halogens is 11. The lowest BCUT2D eigenvalue weighted by molar-refractivity contribution is -0.350. The van der Waals surface area contributed by atoms with Gasteiger partial charge in [0.05, 0.1) is 28.1 Å². The molecule has 1 aromatic heterocycles. The summed E-state index contributed by atoms with van der Waals surface area (Å²) >= 11 is 0. The Kier molecular flexibility index (Phi) is 10.1. The van der Waals surface area contributed by atoms with E-state index in [1.54, 1.807) is 0 Å². The number of nitrogens with zero attached hydrogens (tertiary/aromatic N) is 2. The van der Waals surface area contributed by atoms with Crippen LogP contribution in [0.3, 0.4) is 0 Å². The zero-order chi connectivity index (χ0) is 37.9. The number of hydrogen-bond donors (Lipinski definition) is 1. The Morgan fingerprint density at radius 2 is 1.48 bits per heavy atom. The van der Waals surface area contributed by atoms with E-state index in [1.807, 2.05) is 0 Å². The fraction of sp³-hybridized carbons (Fsp3) is 0.536. The van der Waals surface area contributed by atoms with E-state index in [-0.39, 0.29) is 67.3 Å². The fourth-order valence-corrected chi connectivity index (χ4v) is 10.4. The molecule has 2 aliphatic heterocycles. The molecule has 278 valence electrons. The van der Waals surface area contributed by atoms with Crippen molar-refractivity contribution in [2.45, 2.75) is 72.0 Å². The van der Waals surface area contributed by atoms with Crippen LogP contribution < -0.4 is 0 Å². The first kappa shape index (κ1) is 39.2. The minimum atomic E-state index is -6.45. The van der Waals surface area contributed by atoms with E-state index in [0.29, 0.717) is 12.3 Å². The van der Waals surface area contributed by atoms with E-state index in [1.165, 1.54) is 4.90 Å². The number of aliphatic carboxylic acids is 1. The van der Waals surface area contributed by atoms with Crippen LogP contribution >= 0.6 is 0 Å². The van der Waals surface area contributed by atoms with Gasteiger partial charge < -0.3 is 10.0 Å². The highest BCUT2D eigenvalue weighted by atomic mass is 32.2. The number of hydrogen-bond acceptors (Lipinski definition) is 7. The monoisotopic (exact) mass is 774 g/mol. The summed E-state index contributed by atoms with van der Waals surface area (Å²) in [5.41, 5.74) is -8.52. The number of likely N-dealkylation sites (tertiary alicyclic amines) is 1. The predicted molar refractivity (Wildman–Crippen MR) is 148 cm³/mol. The van der Waals surface area contributed by atoms with Gasteiger partial charge in [-0.1, -0.05) is 6.07 Å². The van der Waals surface area contributed by atoms with Crippen LogP contribution in [0.5, 0.6) is 0 Å². The number of alkyl halides is 10. The van der Waals surface area contributed by atoms with Gasteiger partial charge in [-0.05, 0) is 67.5 Å². The Morgan fingerprint density at radius 3 is 1.98 bits per heavy atom. The van der Waals surface area contributed by atoms with Gasteiger partial charge in [0, 0.05) is 18.7 Å². The van der Waals surface area contributed by atoms with Gasteiger partial charge in [-0.2, -0.15) is 39.5 Å². The van der Waals surface area contributed by atoms with Crippen molar-refractivity contribution in [3.8, 4) is 0 Å². The smallest absolute Gasteiger partial charge is 0.475 e. The Labute approximate surface area is 276 Å². The van der Waals surface area contributed by atoms with Crippen molar-refractivity contribution in [3.05, 3.63) is 59.2 Å². The molecule has 0 saturated carbocycles. The Hall–Kier alpha value is -3.56. The minimum absolute atomic E-state index is 0.0109. The summed E-state index contributed by atoms with van der Waals surface area (Å²) in [7, 11) is -8.08. The molecule has 22 heteroatoms. The van der Waals surface area contributed by atoms with E-state index >= 15 is 0 Å². The average Bonchev–Trinajstić information content (AvgIpc) is 3.40. The molecular formula is C28H25F11N2O7S2. The topological polar surface area (TPSA) is 139 Å². The van der Waals surface area contributed by atoms with Crippen molar-refractivity contribution in [2.75, 3.05) is 18.1 Å². The summed E-state index contributed by atoms with van der Waals surface area (Å²) in [6.45, 7) is -0.208. The highest BCUT2D eigenvalue weighted by molar-refractivity contribution is 7.92. The van der Waals surface area contributed by atoms with Gasteiger partial charge >= 0.3 is 30.2 Å². The molecule has 9 nitrogen and oxygen atoms in total. The number of aryl methyl sites for hydroxylation is 1. The minimum Gasteiger partial charge on any atom is -0.475 e. The fourth-order valence-electron chi connectivity index (χ4n) is 6.52. The van der Waals surface area contributed by atoms with Gasteiger partial charge in [-0.15, -0.1) is 0 Å². The van der Waals surface area contributed by atoms with Gasteiger partial charge in [0.2, 0.25) is 5.91 Å². The van der Waals surface area contributed by atoms with Gasteiger partial charge in [-0.3, -0.25) is 9.78 Å². The van der Waals surface area contributed by atoms with Gasteiger partial charge in [0.25, 0.3) is 0 Å². The predicted octanol–water partition coefficient (Wildman–Crippen LogP) is 5.18. The van der Waals surface area contributed by atoms with Crippen molar-refractivity contribution in [2.24, 2.45) is 5.92 Å². The second-order valence-electron chi connectivity index (χ2n) is 11.8. The molecule has 0 spiro atoms. The highest BCUT2D eigenvalue weighted by Crippen LogP contribution is 2.56. The van der Waals surface area contributed by atoms with Gasteiger partial charge in [-0.25, -0.2) is 30.4 Å². The Bertz CT molecular complexity index is 1850.